The Morgan fingerprint density at radius 3 is 2.83 bits per heavy atom. The van der Waals surface area contributed by atoms with E-state index in [1.54, 1.807) is 6.20 Å². The second kappa shape index (κ2) is 8.13. The quantitative estimate of drug-likeness (QED) is 0.812. The first-order valence-electron chi connectivity index (χ1n) is 9.06. The summed E-state index contributed by atoms with van der Waals surface area (Å²) in [7, 11) is 0. The van der Waals surface area contributed by atoms with E-state index in [9.17, 15) is 4.79 Å². The van der Waals surface area contributed by atoms with Crippen molar-refractivity contribution in [2.75, 3.05) is 13.1 Å². The van der Waals surface area contributed by atoms with Crippen molar-refractivity contribution in [3.05, 3.63) is 54.6 Å². The van der Waals surface area contributed by atoms with Gasteiger partial charge in [0.25, 0.3) is 0 Å². The normalized spacial score (nSPS) is 21.0. The Morgan fingerprint density at radius 1 is 1.29 bits per heavy atom. The summed E-state index contributed by atoms with van der Waals surface area (Å²) in [4.78, 5) is 18.7. The summed E-state index contributed by atoms with van der Waals surface area (Å²) in [6.07, 6.45) is 9.25. The third-order valence-electron chi connectivity index (χ3n) is 5.20. The number of carbonyl (C=O) groups is 1. The molecule has 1 amide bonds. The third-order valence-corrected chi connectivity index (χ3v) is 5.20. The molecule has 1 aliphatic rings. The van der Waals surface area contributed by atoms with Crippen LogP contribution in [0.4, 0.5) is 0 Å². The van der Waals surface area contributed by atoms with Crippen LogP contribution in [0.15, 0.2) is 49.1 Å². The third kappa shape index (κ3) is 4.05. The summed E-state index contributed by atoms with van der Waals surface area (Å²) in [6, 6.07) is 10.8. The largest absolute Gasteiger partial charge is 0.342 e. The number of nitrogens with zero attached hydrogens (tertiary/aromatic N) is 3. The summed E-state index contributed by atoms with van der Waals surface area (Å²) in [6.45, 7) is 4.90. The van der Waals surface area contributed by atoms with E-state index in [-0.39, 0.29) is 0 Å². The van der Waals surface area contributed by atoms with Crippen molar-refractivity contribution < 1.29 is 4.79 Å². The maximum Gasteiger partial charge on any atom is 0.222 e. The second-order valence-corrected chi connectivity index (χ2v) is 6.72. The topological polar surface area (TPSA) is 38.1 Å². The maximum atomic E-state index is 12.5. The molecule has 24 heavy (non-hydrogen) atoms. The second-order valence-electron chi connectivity index (χ2n) is 6.72. The zero-order valence-corrected chi connectivity index (χ0v) is 14.5. The molecule has 0 saturated carbocycles. The van der Waals surface area contributed by atoms with E-state index in [2.05, 4.69) is 47.1 Å². The number of amides is 1. The van der Waals surface area contributed by atoms with E-state index in [1.807, 2.05) is 17.1 Å². The molecule has 4 heteroatoms. The van der Waals surface area contributed by atoms with Crippen LogP contribution < -0.4 is 0 Å². The number of hydrogen-bond acceptors (Lipinski definition) is 2. The Balaban J connectivity index is 1.52. The number of rotatable bonds is 6. The Bertz CT molecular complexity index is 624. The lowest BCUT2D eigenvalue weighted by Gasteiger charge is -2.38. The van der Waals surface area contributed by atoms with Gasteiger partial charge in [-0.25, -0.2) is 4.98 Å². The average Bonchev–Trinajstić information content (AvgIpc) is 3.15. The number of imidazole rings is 1. The standard InChI is InChI=1S/C20H27N3O/c1-2-17-15-23(13-10-19(17)18-7-4-3-5-8-18)20(24)9-6-12-22-14-11-21-16-22/h3-5,7-8,11,14,16-17,19H,2,6,9-10,12-13,15H2,1H3/t17-,19+/m1/s1. The lowest BCUT2D eigenvalue weighted by atomic mass is 9.79. The van der Waals surface area contributed by atoms with E-state index in [0.29, 0.717) is 24.2 Å². The van der Waals surface area contributed by atoms with E-state index in [0.717, 1.165) is 38.9 Å². The summed E-state index contributed by atoms with van der Waals surface area (Å²) >= 11 is 0. The van der Waals surface area contributed by atoms with Gasteiger partial charge in [-0.3, -0.25) is 4.79 Å². The fourth-order valence-electron chi connectivity index (χ4n) is 3.80. The molecule has 1 aliphatic heterocycles. The van der Waals surface area contributed by atoms with E-state index < -0.39 is 0 Å². The molecule has 0 unspecified atom stereocenters. The predicted octanol–water partition coefficient (Wildman–Crippen LogP) is 3.71. The van der Waals surface area contributed by atoms with Crippen LogP contribution >= 0.6 is 0 Å². The molecule has 1 saturated heterocycles. The lowest BCUT2D eigenvalue weighted by Crippen LogP contribution is -2.42. The molecule has 4 nitrogen and oxygen atoms in total. The molecule has 2 heterocycles. The van der Waals surface area contributed by atoms with E-state index >= 15 is 0 Å². The molecule has 0 spiro atoms. The van der Waals surface area contributed by atoms with Crippen molar-refractivity contribution in [1.82, 2.24) is 14.5 Å². The van der Waals surface area contributed by atoms with Gasteiger partial charge >= 0.3 is 0 Å². The molecule has 0 bridgehead atoms. The first-order valence-corrected chi connectivity index (χ1v) is 9.06. The van der Waals surface area contributed by atoms with Gasteiger partial charge in [0, 0.05) is 38.4 Å². The zero-order chi connectivity index (χ0) is 16.8. The van der Waals surface area contributed by atoms with Crippen LogP contribution in [-0.4, -0.2) is 33.4 Å². The highest BCUT2D eigenvalue weighted by atomic mass is 16.2. The molecule has 1 aromatic heterocycles. The number of piperidine rings is 1. The molecule has 2 aromatic rings. The average molecular weight is 325 g/mol. The number of aromatic nitrogens is 2. The first-order chi connectivity index (χ1) is 11.8. The molecule has 1 aromatic carbocycles. The Hall–Kier alpha value is -2.10. The number of hydrogen-bond donors (Lipinski definition) is 0. The van der Waals surface area contributed by atoms with Gasteiger partial charge in [0.1, 0.15) is 0 Å². The van der Waals surface area contributed by atoms with Gasteiger partial charge in [-0.05, 0) is 30.2 Å². The fourth-order valence-corrected chi connectivity index (χ4v) is 3.80. The molecular formula is C20H27N3O. The number of benzene rings is 1. The van der Waals surface area contributed by atoms with Gasteiger partial charge in [-0.1, -0.05) is 43.7 Å². The molecule has 1 fully saturated rings. The van der Waals surface area contributed by atoms with E-state index in [4.69, 9.17) is 0 Å². The molecule has 128 valence electrons. The van der Waals surface area contributed by atoms with Crippen LogP contribution in [0.25, 0.3) is 0 Å². The van der Waals surface area contributed by atoms with Crippen molar-refractivity contribution in [1.29, 1.82) is 0 Å². The Morgan fingerprint density at radius 2 is 2.12 bits per heavy atom. The van der Waals surface area contributed by atoms with Gasteiger partial charge in [0.2, 0.25) is 5.91 Å². The first kappa shape index (κ1) is 16.7. The smallest absolute Gasteiger partial charge is 0.222 e. The minimum absolute atomic E-state index is 0.306. The van der Waals surface area contributed by atoms with Crippen LogP contribution in [-0.2, 0) is 11.3 Å². The summed E-state index contributed by atoms with van der Waals surface area (Å²) in [5.74, 6) is 1.46. The van der Waals surface area contributed by atoms with Crippen LogP contribution in [0.3, 0.4) is 0 Å². The summed E-state index contributed by atoms with van der Waals surface area (Å²) in [5, 5.41) is 0. The summed E-state index contributed by atoms with van der Waals surface area (Å²) in [5.41, 5.74) is 1.43. The molecule has 2 atom stereocenters. The van der Waals surface area contributed by atoms with Crippen molar-refractivity contribution in [3.63, 3.8) is 0 Å². The molecule has 0 aliphatic carbocycles. The minimum Gasteiger partial charge on any atom is -0.342 e. The molecule has 0 radical (unpaired) electrons. The van der Waals surface area contributed by atoms with Gasteiger partial charge in [-0.2, -0.15) is 0 Å². The number of aryl methyl sites for hydroxylation is 1. The highest BCUT2D eigenvalue weighted by Crippen LogP contribution is 2.35. The van der Waals surface area contributed by atoms with Gasteiger partial charge in [-0.15, -0.1) is 0 Å². The van der Waals surface area contributed by atoms with Crippen LogP contribution in [0.5, 0.6) is 0 Å². The van der Waals surface area contributed by atoms with E-state index in [1.165, 1.54) is 5.56 Å². The zero-order valence-electron chi connectivity index (χ0n) is 14.5. The van der Waals surface area contributed by atoms with Crippen molar-refractivity contribution >= 4 is 5.91 Å². The van der Waals surface area contributed by atoms with Crippen LogP contribution in [0, 0.1) is 5.92 Å². The van der Waals surface area contributed by atoms with Gasteiger partial charge in [0.05, 0.1) is 6.33 Å². The summed E-state index contributed by atoms with van der Waals surface area (Å²) < 4.78 is 2.03. The van der Waals surface area contributed by atoms with Crippen LogP contribution in [0.2, 0.25) is 0 Å². The monoisotopic (exact) mass is 325 g/mol. The lowest BCUT2D eigenvalue weighted by molar-refractivity contribution is -0.133. The molecule has 0 N–H and O–H groups in total. The fraction of sp³-hybridized carbons (Fsp3) is 0.500. The predicted molar refractivity (Wildman–Crippen MR) is 95.6 cm³/mol. The van der Waals surface area contributed by atoms with Crippen molar-refractivity contribution in [3.8, 4) is 0 Å². The highest BCUT2D eigenvalue weighted by molar-refractivity contribution is 5.76. The van der Waals surface area contributed by atoms with Crippen molar-refractivity contribution in [2.24, 2.45) is 5.92 Å². The Labute approximate surface area is 144 Å². The van der Waals surface area contributed by atoms with Gasteiger partial charge < -0.3 is 9.47 Å². The Kier molecular flexibility index (Phi) is 5.68. The van der Waals surface area contributed by atoms with Crippen molar-refractivity contribution in [2.45, 2.75) is 45.1 Å². The molecule has 3 rings (SSSR count). The van der Waals surface area contributed by atoms with Crippen LogP contribution in [0.1, 0.15) is 44.1 Å². The maximum absolute atomic E-state index is 12.5. The molecular weight excluding hydrogens is 298 g/mol. The highest BCUT2D eigenvalue weighted by Gasteiger charge is 2.30. The number of carbonyl (C=O) groups excluding carboxylic acids is 1. The minimum atomic E-state index is 0.306. The van der Waals surface area contributed by atoms with Gasteiger partial charge in [0.15, 0.2) is 0 Å². The number of likely N-dealkylation sites (tertiary alicyclic amines) is 1. The SMILES string of the molecule is CC[C@@H]1CN(C(=O)CCCn2ccnc2)CC[C@@H]1c1ccccc1.